The van der Waals surface area contributed by atoms with Crippen molar-refractivity contribution in [1.29, 1.82) is 0 Å². The van der Waals surface area contributed by atoms with Crippen LogP contribution in [0, 0.1) is 33.8 Å². The summed E-state index contributed by atoms with van der Waals surface area (Å²) in [6, 6.07) is 28.7. The molecule has 0 spiro atoms. The fourth-order valence-corrected chi connectivity index (χ4v) is 1.88. The Morgan fingerprint density at radius 3 is 0.816 bits per heavy atom. The fraction of sp³-hybridized carbons (Fsp3) is 0.382. The molecule has 286 valence electrons. The number of hydrogen-bond donors (Lipinski definition) is 0. The second kappa shape index (κ2) is 77.4. The van der Waals surface area contributed by atoms with Crippen molar-refractivity contribution in [3.8, 4) is 0 Å². The van der Waals surface area contributed by atoms with Gasteiger partial charge in [0.1, 0.15) is 0 Å². The number of hydrogen-bond acceptors (Lipinski definition) is 6. The average molecular weight is 1370 g/mol. The predicted molar refractivity (Wildman–Crippen MR) is 251 cm³/mol. The Kier molecular flexibility index (Phi) is 117. The molecule has 49 heavy (non-hydrogen) atoms. The normalized spacial score (nSPS) is 6.67. The molecule has 0 amide bonds. The van der Waals surface area contributed by atoms with Gasteiger partial charge in [0.25, 0.3) is 0 Å². The number of halogens is 6. The number of Topliss-reactive ketones (excluding diaryl/α,β-unsaturated/α-hetero) is 2. The molecule has 0 unspecified atom stereocenters. The summed E-state index contributed by atoms with van der Waals surface area (Å²) >= 11 is 9.54. The second-order valence-electron chi connectivity index (χ2n) is 6.43. The standard InChI is InChI=1S/2C8H8O.C7H8.4C2H6.2CH3NO2.CO.I3.I2.HI/c2*1-7(9)8-5-3-2-4-6-8;1-7-5-3-2-4-6-7;4*1-2;2*1-2(3)4;1-2;1-3-2;1-2;/h2*2-6H,1H3;2-6H,1H3;4*1-2H3;2*1H3;;;;1H/q;;;;;;;;;;-1;;. The van der Waals surface area contributed by atoms with Gasteiger partial charge in [-0.1, -0.05) is 152 Å². The molecule has 0 N–H and O–H groups in total. The molecule has 3 rings (SSSR count). The number of ketones is 2. The second-order valence-corrected chi connectivity index (χ2v) is 22.7. The topological polar surface area (TPSA) is 140 Å². The minimum atomic E-state index is -0.500. The number of benzene rings is 3. The number of rotatable bonds is 2. The van der Waals surface area contributed by atoms with Crippen LogP contribution < -0.4 is 13.3 Å². The van der Waals surface area contributed by atoms with Crippen LogP contribution in [-0.4, -0.2) is 35.5 Å². The molecule has 0 aliphatic heterocycles. The zero-order chi connectivity index (χ0) is 40.4. The monoisotopic (exact) mass is 1360 g/mol. The van der Waals surface area contributed by atoms with Gasteiger partial charge in [0.15, 0.2) is 25.7 Å². The molecule has 0 aliphatic carbocycles. The fourth-order valence-electron chi connectivity index (χ4n) is 1.88. The molecule has 3 aromatic rings. The van der Waals surface area contributed by atoms with Crippen molar-refractivity contribution in [3.05, 3.63) is 135 Å². The molecular weight excluding hydrogens is 1310 g/mol. The summed E-state index contributed by atoms with van der Waals surface area (Å²) in [6.07, 6.45) is 0. The Morgan fingerprint density at radius 1 is 0.592 bits per heavy atom. The van der Waals surface area contributed by atoms with Gasteiger partial charge in [0.05, 0.1) is 0 Å². The summed E-state index contributed by atoms with van der Waals surface area (Å²) in [5, 5.41) is 17.6. The summed E-state index contributed by atoms with van der Waals surface area (Å²) < 4.78 is 7.50. The third-order valence-electron chi connectivity index (χ3n) is 3.30. The summed E-state index contributed by atoms with van der Waals surface area (Å²) in [6.45, 7) is 25.7. The van der Waals surface area contributed by atoms with Gasteiger partial charge in [0, 0.05) is 58.2 Å². The molecule has 0 atom stereocenters. The first-order valence-corrected chi connectivity index (χ1v) is 33.3. The molecule has 9 nitrogen and oxygen atoms in total. The van der Waals surface area contributed by atoms with Gasteiger partial charge in [-0.15, -0.1) is 24.0 Å². The van der Waals surface area contributed by atoms with Crippen LogP contribution in [0.5, 0.6) is 0 Å². The summed E-state index contributed by atoms with van der Waals surface area (Å²) in [5.41, 5.74) is 2.87. The molecule has 0 fully saturated rings. The van der Waals surface area contributed by atoms with Crippen molar-refractivity contribution in [1.82, 2.24) is 0 Å². The third kappa shape index (κ3) is 99.2. The molecule has 3 aromatic carbocycles. The van der Waals surface area contributed by atoms with E-state index in [4.69, 9.17) is 24.9 Å². The van der Waals surface area contributed by atoms with E-state index in [1.807, 2.05) is 134 Å². The van der Waals surface area contributed by atoms with Crippen molar-refractivity contribution in [3.63, 3.8) is 0 Å². The number of carbonyl (C=O) groups excluding carboxylic acids is 2. The molecule has 0 aromatic heterocycles. The Bertz CT molecular complexity index is 967. The van der Waals surface area contributed by atoms with Crippen LogP contribution in [0.3, 0.4) is 0 Å². The summed E-state index contributed by atoms with van der Waals surface area (Å²) in [7, 11) is 1.78. The molecule has 0 heterocycles. The van der Waals surface area contributed by atoms with Crippen LogP contribution in [0.1, 0.15) is 95.5 Å². The van der Waals surface area contributed by atoms with Crippen molar-refractivity contribution >= 4 is 110 Å². The summed E-state index contributed by atoms with van der Waals surface area (Å²) in [4.78, 5) is 37.9. The number of aryl methyl sites for hydroxylation is 1. The number of nitrogens with zero attached hydrogens (tertiary/aromatic N) is 2. The van der Waals surface area contributed by atoms with Gasteiger partial charge in [-0.25, -0.2) is 0 Å². The summed E-state index contributed by atoms with van der Waals surface area (Å²) in [5.74, 6) is 0.242. The molecule has 0 aliphatic rings. The van der Waals surface area contributed by atoms with E-state index in [-0.39, 0.29) is 35.5 Å². The molecule has 0 saturated carbocycles. The van der Waals surface area contributed by atoms with E-state index in [9.17, 15) is 9.59 Å². The van der Waals surface area contributed by atoms with Gasteiger partial charge in [-0.2, -0.15) is 0 Å². The van der Waals surface area contributed by atoms with E-state index >= 15 is 0 Å². The van der Waals surface area contributed by atoms with Crippen LogP contribution in [0.15, 0.2) is 91.0 Å². The van der Waals surface area contributed by atoms with Crippen molar-refractivity contribution < 1.29 is 37.3 Å². The van der Waals surface area contributed by atoms with E-state index in [2.05, 4.69) is 100 Å². The third-order valence-corrected chi connectivity index (χ3v) is 3.30. The maximum absolute atomic E-state index is 10.6. The van der Waals surface area contributed by atoms with Gasteiger partial charge < -0.3 is 0 Å². The predicted octanol–water partition coefficient (Wildman–Crippen LogP) is 10.8. The Balaban J connectivity index is -0.0000000449. The van der Waals surface area contributed by atoms with Gasteiger partial charge in [0.2, 0.25) is 0 Å². The number of carbonyl (C=O) groups is 2. The van der Waals surface area contributed by atoms with Gasteiger partial charge >= 0.3 is 61.8 Å². The van der Waals surface area contributed by atoms with Crippen LogP contribution >= 0.6 is 98.4 Å². The minimum absolute atomic E-state index is 0. The van der Waals surface area contributed by atoms with E-state index in [0.29, 0.717) is 13.3 Å². The zero-order valence-corrected chi connectivity index (χ0v) is 43.8. The van der Waals surface area contributed by atoms with Crippen LogP contribution in [0.2, 0.25) is 0 Å². The Hall–Kier alpha value is -0.0800. The van der Waals surface area contributed by atoms with E-state index in [1.165, 1.54) is 5.56 Å². The van der Waals surface area contributed by atoms with Gasteiger partial charge in [-0.05, 0) is 20.8 Å². The molecule has 15 heteroatoms. The first-order valence-electron chi connectivity index (χ1n) is 14.4. The van der Waals surface area contributed by atoms with Crippen molar-refractivity contribution in [2.75, 3.05) is 14.1 Å². The van der Waals surface area contributed by atoms with E-state index in [1.54, 1.807) is 13.8 Å². The number of nitro groups is 2. The first-order chi connectivity index (χ1) is 22.9. The average Bonchev–Trinajstić information content (AvgIpc) is 3.12. The zero-order valence-electron chi connectivity index (χ0n) is 30.7. The van der Waals surface area contributed by atoms with Crippen LogP contribution in [-0.2, 0) is 4.65 Å². The van der Waals surface area contributed by atoms with Crippen LogP contribution in [0.4, 0.5) is 0 Å². The van der Waals surface area contributed by atoms with E-state index < -0.39 is 9.85 Å². The van der Waals surface area contributed by atoms with E-state index in [0.717, 1.165) is 25.2 Å². The molecule has 0 saturated heterocycles. The van der Waals surface area contributed by atoms with Gasteiger partial charge in [-0.3, -0.25) is 29.8 Å². The molecule has 0 bridgehead atoms. The molecular formula is C34H55I6N2O7-. The van der Waals surface area contributed by atoms with Crippen molar-refractivity contribution in [2.24, 2.45) is 0 Å². The maximum atomic E-state index is 10.6. The SMILES string of the molecule is CC.CC.CC.CC.CC(=O)c1ccccc1.CC(=O)c1ccccc1.C[N+](=O)[O-].C[N+](=O)[O-].Cc1ccccc1.I.II.I[I-]I.[C-]#[O+]. The Morgan fingerprint density at radius 2 is 0.735 bits per heavy atom. The Labute approximate surface area is 367 Å². The molecule has 0 radical (unpaired) electrons. The van der Waals surface area contributed by atoms with Crippen LogP contribution in [0.25, 0.3) is 0 Å². The quantitative estimate of drug-likeness (QED) is 0.0625. The first kappa shape index (κ1) is 74.2. The van der Waals surface area contributed by atoms with Crippen molar-refractivity contribution in [2.45, 2.75) is 76.2 Å².